The van der Waals surface area contributed by atoms with Gasteiger partial charge >= 0.3 is 0 Å². The van der Waals surface area contributed by atoms with Crippen LogP contribution in [0.4, 0.5) is 0 Å². The van der Waals surface area contributed by atoms with Crippen molar-refractivity contribution >= 4 is 17.7 Å². The number of hydrogen-bond donors (Lipinski definition) is 1. The largest absolute Gasteiger partial charge is 0.320 e. The van der Waals surface area contributed by atoms with E-state index in [4.69, 9.17) is 0 Å². The van der Waals surface area contributed by atoms with Gasteiger partial charge in [0.05, 0.1) is 6.04 Å². The van der Waals surface area contributed by atoms with Crippen LogP contribution in [0.15, 0.2) is 24.3 Å². The highest BCUT2D eigenvalue weighted by Crippen LogP contribution is 2.31. The summed E-state index contributed by atoms with van der Waals surface area (Å²) < 4.78 is 0. The Balaban J connectivity index is 1.77. The zero-order valence-corrected chi connectivity index (χ0v) is 13.7. The van der Waals surface area contributed by atoms with Crippen LogP contribution in [-0.2, 0) is 4.79 Å². The number of hydrogen-bond acceptors (Lipinski definition) is 3. The monoisotopic (exact) mass is 304 g/mol. The molecule has 2 fully saturated rings. The van der Waals surface area contributed by atoms with Crippen molar-refractivity contribution < 1.29 is 4.79 Å². The van der Waals surface area contributed by atoms with E-state index in [-0.39, 0.29) is 18.1 Å². The molecule has 1 aromatic rings. The molecule has 2 aliphatic rings. The highest BCUT2D eigenvalue weighted by Gasteiger charge is 2.38. The van der Waals surface area contributed by atoms with Gasteiger partial charge in [-0.2, -0.15) is 11.8 Å². The van der Waals surface area contributed by atoms with Crippen LogP contribution < -0.4 is 5.32 Å². The molecule has 1 aromatic carbocycles. The van der Waals surface area contributed by atoms with Crippen molar-refractivity contribution in [2.75, 3.05) is 12.3 Å². The van der Waals surface area contributed by atoms with E-state index >= 15 is 0 Å². The summed E-state index contributed by atoms with van der Waals surface area (Å²) in [7, 11) is 0. The number of nitrogens with one attached hydrogen (secondary N) is 1. The zero-order chi connectivity index (χ0) is 14.8. The Morgan fingerprint density at radius 3 is 2.71 bits per heavy atom. The second-order valence-corrected chi connectivity index (χ2v) is 7.59. The Kier molecular flexibility index (Phi) is 4.55. The fourth-order valence-corrected chi connectivity index (χ4v) is 4.47. The number of carbonyl (C=O) groups is 1. The third kappa shape index (κ3) is 3.27. The zero-order valence-electron chi connectivity index (χ0n) is 12.8. The number of amides is 1. The van der Waals surface area contributed by atoms with Crippen molar-refractivity contribution in [3.8, 4) is 0 Å². The van der Waals surface area contributed by atoms with E-state index in [0.717, 1.165) is 6.54 Å². The molecule has 1 amide bonds. The lowest BCUT2D eigenvalue weighted by molar-refractivity contribution is -0.129. The maximum Gasteiger partial charge on any atom is 0.241 e. The van der Waals surface area contributed by atoms with Crippen LogP contribution in [-0.4, -0.2) is 34.4 Å². The molecule has 4 heteroatoms. The van der Waals surface area contributed by atoms with Crippen molar-refractivity contribution in [3.63, 3.8) is 0 Å². The molecule has 0 bridgehead atoms. The number of thioether (sulfide) groups is 1. The number of aryl methyl sites for hydroxylation is 1. The van der Waals surface area contributed by atoms with Gasteiger partial charge in [0.15, 0.2) is 0 Å². The van der Waals surface area contributed by atoms with E-state index in [1.165, 1.54) is 36.1 Å². The Morgan fingerprint density at radius 2 is 2.05 bits per heavy atom. The summed E-state index contributed by atoms with van der Waals surface area (Å²) >= 11 is 2.03. The summed E-state index contributed by atoms with van der Waals surface area (Å²) in [6.45, 7) is 4.94. The summed E-state index contributed by atoms with van der Waals surface area (Å²) in [6.07, 6.45) is 3.91. The lowest BCUT2D eigenvalue weighted by Crippen LogP contribution is -2.37. The van der Waals surface area contributed by atoms with Gasteiger partial charge in [-0.15, -0.1) is 0 Å². The Hall–Kier alpha value is -1.00. The van der Waals surface area contributed by atoms with E-state index in [1.807, 2.05) is 18.7 Å². The molecule has 2 aliphatic heterocycles. The molecular weight excluding hydrogens is 280 g/mol. The molecule has 3 atom stereocenters. The first-order chi connectivity index (χ1) is 10.1. The minimum absolute atomic E-state index is 0.0376. The van der Waals surface area contributed by atoms with Crippen molar-refractivity contribution in [2.24, 2.45) is 0 Å². The molecule has 0 spiro atoms. The smallest absolute Gasteiger partial charge is 0.241 e. The van der Waals surface area contributed by atoms with Crippen LogP contribution in [0.3, 0.4) is 0 Å². The molecule has 0 radical (unpaired) electrons. The van der Waals surface area contributed by atoms with Gasteiger partial charge in [0.2, 0.25) is 5.91 Å². The van der Waals surface area contributed by atoms with Gasteiger partial charge in [0.1, 0.15) is 6.17 Å². The summed E-state index contributed by atoms with van der Waals surface area (Å²) in [4.78, 5) is 14.5. The predicted molar refractivity (Wildman–Crippen MR) is 88.3 cm³/mol. The fraction of sp³-hybridized carbons (Fsp3) is 0.588. The van der Waals surface area contributed by atoms with E-state index in [9.17, 15) is 4.79 Å². The lowest BCUT2D eigenvalue weighted by atomic mass is 10.1. The lowest BCUT2D eigenvalue weighted by Gasteiger charge is -2.30. The quantitative estimate of drug-likeness (QED) is 0.931. The molecule has 0 aliphatic carbocycles. The molecule has 2 heterocycles. The van der Waals surface area contributed by atoms with Gasteiger partial charge in [0, 0.05) is 11.8 Å². The van der Waals surface area contributed by atoms with Crippen molar-refractivity contribution in [1.29, 1.82) is 0 Å². The first kappa shape index (κ1) is 14.9. The highest BCUT2D eigenvalue weighted by atomic mass is 32.2. The van der Waals surface area contributed by atoms with E-state index in [2.05, 4.69) is 41.4 Å². The van der Waals surface area contributed by atoms with Gasteiger partial charge in [0.25, 0.3) is 0 Å². The summed E-state index contributed by atoms with van der Waals surface area (Å²) in [5.74, 6) is 1.48. The minimum atomic E-state index is -0.0788. The molecular formula is C17H24N2OS. The van der Waals surface area contributed by atoms with Crippen molar-refractivity contribution in [2.45, 2.75) is 50.6 Å². The van der Waals surface area contributed by atoms with Gasteiger partial charge < -0.3 is 4.90 Å². The average Bonchev–Trinajstić information content (AvgIpc) is 2.78. The summed E-state index contributed by atoms with van der Waals surface area (Å²) in [5, 5.41) is 4.05. The van der Waals surface area contributed by atoms with Crippen LogP contribution in [0, 0.1) is 6.92 Å². The molecule has 114 valence electrons. The molecule has 3 nitrogen and oxygen atoms in total. The third-order valence-electron chi connectivity index (χ3n) is 4.44. The Bertz CT molecular complexity index is 496. The SMILES string of the molecule is Cc1ccc(C2NC(C)C(=O)N2CC2CCCCS2)cc1. The predicted octanol–water partition coefficient (Wildman–Crippen LogP) is 3.10. The first-order valence-corrected chi connectivity index (χ1v) is 8.95. The summed E-state index contributed by atoms with van der Waals surface area (Å²) in [6, 6.07) is 8.44. The van der Waals surface area contributed by atoms with E-state index in [0.29, 0.717) is 5.25 Å². The molecule has 3 unspecified atom stereocenters. The second-order valence-electron chi connectivity index (χ2n) is 6.18. The maximum absolute atomic E-state index is 12.5. The van der Waals surface area contributed by atoms with E-state index < -0.39 is 0 Å². The van der Waals surface area contributed by atoms with Gasteiger partial charge in [-0.05, 0) is 38.0 Å². The molecule has 21 heavy (non-hydrogen) atoms. The molecule has 1 N–H and O–H groups in total. The molecule has 0 aromatic heterocycles. The first-order valence-electron chi connectivity index (χ1n) is 7.90. The Morgan fingerprint density at radius 1 is 1.29 bits per heavy atom. The maximum atomic E-state index is 12.5. The molecule has 2 saturated heterocycles. The van der Waals surface area contributed by atoms with Crippen LogP contribution in [0.1, 0.15) is 43.5 Å². The summed E-state index contributed by atoms with van der Waals surface area (Å²) in [5.41, 5.74) is 2.45. The van der Waals surface area contributed by atoms with Crippen LogP contribution in [0.2, 0.25) is 0 Å². The number of carbonyl (C=O) groups excluding carboxylic acids is 1. The van der Waals surface area contributed by atoms with Crippen LogP contribution in [0.25, 0.3) is 0 Å². The van der Waals surface area contributed by atoms with Crippen molar-refractivity contribution in [1.82, 2.24) is 10.2 Å². The third-order valence-corrected chi connectivity index (χ3v) is 5.82. The van der Waals surface area contributed by atoms with Gasteiger partial charge in [-0.3, -0.25) is 10.1 Å². The minimum Gasteiger partial charge on any atom is -0.320 e. The van der Waals surface area contributed by atoms with Gasteiger partial charge in [-0.25, -0.2) is 0 Å². The van der Waals surface area contributed by atoms with E-state index in [1.54, 1.807) is 0 Å². The normalized spacial score (nSPS) is 29.9. The number of nitrogens with zero attached hydrogens (tertiary/aromatic N) is 1. The topological polar surface area (TPSA) is 32.3 Å². The standard InChI is InChI=1S/C17H24N2OS/c1-12-6-8-14(9-7-12)16-18-13(2)17(20)19(16)11-15-5-3-4-10-21-15/h6-9,13,15-16,18H,3-5,10-11H2,1-2H3. The highest BCUT2D eigenvalue weighted by molar-refractivity contribution is 7.99. The second kappa shape index (κ2) is 6.41. The molecule has 3 rings (SSSR count). The van der Waals surface area contributed by atoms with Crippen LogP contribution in [0.5, 0.6) is 0 Å². The Labute approximate surface area is 131 Å². The van der Waals surface area contributed by atoms with Crippen molar-refractivity contribution in [3.05, 3.63) is 35.4 Å². The van der Waals surface area contributed by atoms with Gasteiger partial charge in [-0.1, -0.05) is 36.2 Å². The number of rotatable bonds is 3. The van der Waals surface area contributed by atoms with Crippen LogP contribution >= 0.6 is 11.8 Å². The number of benzene rings is 1. The average molecular weight is 304 g/mol. The fourth-order valence-electron chi connectivity index (χ4n) is 3.17. The molecule has 0 saturated carbocycles.